The number of rotatable bonds is 4. The summed E-state index contributed by atoms with van der Waals surface area (Å²) in [6.45, 7) is 1.03. The zero-order valence-corrected chi connectivity index (χ0v) is 11.5. The summed E-state index contributed by atoms with van der Waals surface area (Å²) in [6, 6.07) is 8.17. The molecule has 1 aromatic carbocycles. The van der Waals surface area contributed by atoms with E-state index in [-0.39, 0.29) is 18.6 Å². The number of aromatic nitrogens is 1. The van der Waals surface area contributed by atoms with Crippen LogP contribution in [0.4, 0.5) is 0 Å². The molecule has 4 heteroatoms. The van der Waals surface area contributed by atoms with Crippen LogP contribution in [0, 0.1) is 0 Å². The molecule has 1 aromatic heterocycles. The first-order valence-corrected chi connectivity index (χ1v) is 7.29. The maximum absolute atomic E-state index is 12.7. The molecule has 0 bridgehead atoms. The minimum absolute atomic E-state index is 0.114. The number of nitrogens with one attached hydrogen (secondary N) is 1. The number of likely N-dealkylation sites (tertiary alicyclic amines) is 1. The van der Waals surface area contributed by atoms with E-state index in [1.54, 1.807) is 0 Å². The summed E-state index contributed by atoms with van der Waals surface area (Å²) in [7, 11) is 0. The van der Waals surface area contributed by atoms with Crippen molar-refractivity contribution in [2.75, 3.05) is 13.2 Å². The third-order valence-corrected chi connectivity index (χ3v) is 4.15. The number of para-hydroxylation sites is 1. The minimum atomic E-state index is 0.114. The van der Waals surface area contributed by atoms with Crippen molar-refractivity contribution in [3.8, 4) is 0 Å². The second-order valence-corrected chi connectivity index (χ2v) is 5.41. The number of H-pyrrole nitrogens is 1. The first-order chi connectivity index (χ1) is 9.81. The summed E-state index contributed by atoms with van der Waals surface area (Å²) < 4.78 is 0. The minimum Gasteiger partial charge on any atom is -0.396 e. The van der Waals surface area contributed by atoms with E-state index in [9.17, 15) is 4.79 Å². The van der Waals surface area contributed by atoms with Gasteiger partial charge in [0.1, 0.15) is 0 Å². The van der Waals surface area contributed by atoms with Crippen molar-refractivity contribution in [2.24, 2.45) is 0 Å². The van der Waals surface area contributed by atoms with Gasteiger partial charge in [0.25, 0.3) is 5.91 Å². The van der Waals surface area contributed by atoms with E-state index in [0.717, 1.165) is 48.7 Å². The largest absolute Gasteiger partial charge is 0.396 e. The van der Waals surface area contributed by atoms with Crippen LogP contribution >= 0.6 is 0 Å². The first kappa shape index (κ1) is 13.2. The smallest absolute Gasteiger partial charge is 0.256 e. The Hall–Kier alpha value is -1.81. The second kappa shape index (κ2) is 5.67. The SMILES string of the molecule is O=C(c1c[nH]c2ccccc12)N1CCCC1CCCO. The zero-order valence-electron chi connectivity index (χ0n) is 11.5. The number of amides is 1. The molecule has 20 heavy (non-hydrogen) atoms. The molecule has 2 N–H and O–H groups in total. The molecule has 2 aromatic rings. The van der Waals surface area contributed by atoms with E-state index in [0.29, 0.717) is 0 Å². The Labute approximate surface area is 118 Å². The Morgan fingerprint density at radius 1 is 1.40 bits per heavy atom. The van der Waals surface area contributed by atoms with E-state index in [1.165, 1.54) is 0 Å². The van der Waals surface area contributed by atoms with E-state index in [4.69, 9.17) is 5.11 Å². The Morgan fingerprint density at radius 3 is 3.10 bits per heavy atom. The van der Waals surface area contributed by atoms with Gasteiger partial charge in [0, 0.05) is 36.3 Å². The monoisotopic (exact) mass is 272 g/mol. The zero-order chi connectivity index (χ0) is 13.9. The van der Waals surface area contributed by atoms with Crippen molar-refractivity contribution < 1.29 is 9.90 Å². The van der Waals surface area contributed by atoms with Crippen molar-refractivity contribution in [1.29, 1.82) is 0 Å². The van der Waals surface area contributed by atoms with Gasteiger partial charge in [-0.15, -0.1) is 0 Å². The van der Waals surface area contributed by atoms with Gasteiger partial charge in [0.15, 0.2) is 0 Å². The van der Waals surface area contributed by atoms with Crippen LogP contribution in [0.1, 0.15) is 36.0 Å². The predicted molar refractivity (Wildman–Crippen MR) is 78.7 cm³/mol. The van der Waals surface area contributed by atoms with Crippen LogP contribution in [-0.2, 0) is 0 Å². The van der Waals surface area contributed by atoms with E-state index in [1.807, 2.05) is 35.4 Å². The van der Waals surface area contributed by atoms with Crippen LogP contribution in [0.2, 0.25) is 0 Å². The van der Waals surface area contributed by atoms with Gasteiger partial charge in [-0.1, -0.05) is 18.2 Å². The molecule has 0 saturated carbocycles. The Morgan fingerprint density at radius 2 is 2.25 bits per heavy atom. The lowest BCUT2D eigenvalue weighted by Crippen LogP contribution is -2.35. The number of aromatic amines is 1. The fourth-order valence-corrected chi connectivity index (χ4v) is 3.13. The molecule has 1 atom stereocenters. The van der Waals surface area contributed by atoms with Crippen LogP contribution in [-0.4, -0.2) is 40.1 Å². The predicted octanol–water partition coefficient (Wildman–Crippen LogP) is 2.55. The Kier molecular flexibility index (Phi) is 3.74. The number of benzene rings is 1. The Bertz CT molecular complexity index is 605. The summed E-state index contributed by atoms with van der Waals surface area (Å²) in [4.78, 5) is 17.9. The third kappa shape index (κ3) is 2.31. The molecule has 3 rings (SSSR count). The molecule has 0 spiro atoms. The van der Waals surface area contributed by atoms with Crippen LogP contribution < -0.4 is 0 Å². The fourth-order valence-electron chi connectivity index (χ4n) is 3.13. The van der Waals surface area contributed by atoms with Gasteiger partial charge < -0.3 is 15.0 Å². The molecule has 1 saturated heterocycles. The van der Waals surface area contributed by atoms with Gasteiger partial charge in [-0.25, -0.2) is 0 Å². The Balaban J connectivity index is 1.84. The summed E-state index contributed by atoms with van der Waals surface area (Å²) in [6.07, 6.45) is 5.58. The topological polar surface area (TPSA) is 56.3 Å². The van der Waals surface area contributed by atoms with E-state index < -0.39 is 0 Å². The molecule has 0 radical (unpaired) electrons. The number of hydrogen-bond acceptors (Lipinski definition) is 2. The van der Waals surface area contributed by atoms with Crippen molar-refractivity contribution in [2.45, 2.75) is 31.7 Å². The van der Waals surface area contributed by atoms with E-state index >= 15 is 0 Å². The molecule has 1 unspecified atom stereocenters. The van der Waals surface area contributed by atoms with Crippen molar-refractivity contribution >= 4 is 16.8 Å². The molecule has 2 heterocycles. The maximum Gasteiger partial charge on any atom is 0.256 e. The number of carbonyl (C=O) groups is 1. The average Bonchev–Trinajstić information content (AvgIpc) is 3.11. The lowest BCUT2D eigenvalue weighted by Gasteiger charge is -2.24. The van der Waals surface area contributed by atoms with Crippen LogP contribution in [0.15, 0.2) is 30.5 Å². The average molecular weight is 272 g/mol. The molecule has 1 amide bonds. The lowest BCUT2D eigenvalue weighted by molar-refractivity contribution is 0.0726. The van der Waals surface area contributed by atoms with Gasteiger partial charge in [0.2, 0.25) is 0 Å². The first-order valence-electron chi connectivity index (χ1n) is 7.29. The number of carbonyl (C=O) groups excluding carboxylic acids is 1. The standard InChI is InChI=1S/C16H20N2O2/c19-10-4-6-12-5-3-9-18(12)16(20)14-11-17-15-8-2-1-7-13(14)15/h1-2,7-8,11-12,17,19H,3-6,9-10H2. The fraction of sp³-hybridized carbons (Fsp3) is 0.438. The molecular weight excluding hydrogens is 252 g/mol. The molecule has 1 aliphatic heterocycles. The normalized spacial score (nSPS) is 18.9. The number of aliphatic hydroxyl groups excluding tert-OH is 1. The molecule has 0 aliphatic carbocycles. The molecular formula is C16H20N2O2. The van der Waals surface area contributed by atoms with Gasteiger partial charge in [-0.2, -0.15) is 0 Å². The summed E-state index contributed by atoms with van der Waals surface area (Å²) >= 11 is 0. The lowest BCUT2D eigenvalue weighted by atomic mass is 10.1. The highest BCUT2D eigenvalue weighted by atomic mass is 16.3. The number of aliphatic hydroxyl groups is 1. The highest BCUT2D eigenvalue weighted by Gasteiger charge is 2.29. The van der Waals surface area contributed by atoms with Crippen LogP contribution in [0.5, 0.6) is 0 Å². The highest BCUT2D eigenvalue weighted by molar-refractivity contribution is 6.06. The van der Waals surface area contributed by atoms with Crippen LogP contribution in [0.25, 0.3) is 10.9 Å². The van der Waals surface area contributed by atoms with Crippen molar-refractivity contribution in [1.82, 2.24) is 9.88 Å². The molecule has 1 fully saturated rings. The van der Waals surface area contributed by atoms with Gasteiger partial charge in [-0.05, 0) is 31.7 Å². The van der Waals surface area contributed by atoms with Crippen LogP contribution in [0.3, 0.4) is 0 Å². The van der Waals surface area contributed by atoms with Gasteiger partial charge >= 0.3 is 0 Å². The van der Waals surface area contributed by atoms with Gasteiger partial charge in [0.05, 0.1) is 5.56 Å². The summed E-state index contributed by atoms with van der Waals surface area (Å²) in [5.74, 6) is 0.114. The van der Waals surface area contributed by atoms with Crippen molar-refractivity contribution in [3.63, 3.8) is 0 Å². The van der Waals surface area contributed by atoms with Crippen molar-refractivity contribution in [3.05, 3.63) is 36.0 Å². The maximum atomic E-state index is 12.7. The summed E-state index contributed by atoms with van der Waals surface area (Å²) in [5, 5.41) is 9.96. The third-order valence-electron chi connectivity index (χ3n) is 4.15. The van der Waals surface area contributed by atoms with Gasteiger partial charge in [-0.3, -0.25) is 4.79 Å². The number of nitrogens with zero attached hydrogens (tertiary/aromatic N) is 1. The van der Waals surface area contributed by atoms with E-state index in [2.05, 4.69) is 4.98 Å². The molecule has 106 valence electrons. The number of fused-ring (bicyclic) bond motifs is 1. The summed E-state index contributed by atoms with van der Waals surface area (Å²) in [5.41, 5.74) is 1.76. The molecule has 1 aliphatic rings. The number of hydrogen-bond donors (Lipinski definition) is 2. The highest BCUT2D eigenvalue weighted by Crippen LogP contribution is 2.26. The molecule has 4 nitrogen and oxygen atoms in total. The quantitative estimate of drug-likeness (QED) is 0.898. The second-order valence-electron chi connectivity index (χ2n) is 5.41.